The summed E-state index contributed by atoms with van der Waals surface area (Å²) >= 11 is 0. The van der Waals surface area contributed by atoms with E-state index in [0.717, 1.165) is 11.1 Å². The van der Waals surface area contributed by atoms with Crippen molar-refractivity contribution < 1.29 is 24.5 Å². The highest BCUT2D eigenvalue weighted by Gasteiger charge is 2.26. The third-order valence-corrected chi connectivity index (χ3v) is 3.60. The molecule has 26 heavy (non-hydrogen) atoms. The fourth-order valence-corrected chi connectivity index (χ4v) is 2.40. The van der Waals surface area contributed by atoms with Gasteiger partial charge in [0.25, 0.3) is 0 Å². The van der Waals surface area contributed by atoms with Crippen LogP contribution in [0.25, 0.3) is 11.1 Å². The first-order valence-electron chi connectivity index (χ1n) is 8.21. The number of carbonyl (C=O) groups excluding carboxylic acids is 2. The van der Waals surface area contributed by atoms with Gasteiger partial charge in [-0.2, -0.15) is 0 Å². The summed E-state index contributed by atoms with van der Waals surface area (Å²) in [7, 11) is 0. The summed E-state index contributed by atoms with van der Waals surface area (Å²) in [4.78, 5) is 23.2. The van der Waals surface area contributed by atoms with Crippen LogP contribution in [0, 0.1) is 0 Å². The number of carboxylic acid groups (broad SMARTS) is 1. The number of hydrogen-bond acceptors (Lipinski definition) is 5. The summed E-state index contributed by atoms with van der Waals surface area (Å²) in [5.41, 5.74) is 1.47. The molecule has 0 aliphatic rings. The van der Waals surface area contributed by atoms with E-state index in [2.05, 4.69) is 5.32 Å². The molecular weight excluding hydrogens is 334 g/mol. The molecule has 0 aliphatic carbocycles. The Bertz CT molecular complexity index is 750. The molecular formula is C20H22NO5-. The van der Waals surface area contributed by atoms with Crippen molar-refractivity contribution in [3.05, 3.63) is 60.2 Å². The molecule has 2 rings (SSSR count). The maximum atomic E-state index is 11.8. The molecule has 0 saturated carbocycles. The monoisotopic (exact) mass is 356 g/mol. The molecule has 0 unspecified atom stereocenters. The van der Waals surface area contributed by atoms with Crippen molar-refractivity contribution in [3.8, 4) is 11.1 Å². The molecule has 138 valence electrons. The number of aliphatic carboxylic acids is 1. The Kier molecular flexibility index (Phi) is 6.00. The van der Waals surface area contributed by atoms with E-state index in [1.165, 1.54) is 0 Å². The van der Waals surface area contributed by atoms with E-state index in [1.54, 1.807) is 45.0 Å². The van der Waals surface area contributed by atoms with Crippen molar-refractivity contribution >= 4 is 12.1 Å². The number of aliphatic hydroxyl groups excluding tert-OH is 1. The van der Waals surface area contributed by atoms with E-state index in [1.807, 2.05) is 30.3 Å². The number of benzene rings is 2. The van der Waals surface area contributed by atoms with Crippen LogP contribution in [-0.2, 0) is 9.53 Å². The zero-order valence-electron chi connectivity index (χ0n) is 14.9. The fraction of sp³-hybridized carbons (Fsp3) is 0.300. The summed E-state index contributed by atoms with van der Waals surface area (Å²) in [6, 6.07) is 14.8. The zero-order valence-corrected chi connectivity index (χ0v) is 14.9. The van der Waals surface area contributed by atoms with Gasteiger partial charge < -0.3 is 25.1 Å². The van der Waals surface area contributed by atoms with Crippen LogP contribution >= 0.6 is 0 Å². The molecule has 0 spiro atoms. The largest absolute Gasteiger partial charge is 0.548 e. The van der Waals surface area contributed by atoms with Crippen LogP contribution < -0.4 is 10.4 Å². The number of alkyl carbamates (subject to hydrolysis) is 1. The Morgan fingerprint density at radius 3 is 2.04 bits per heavy atom. The van der Waals surface area contributed by atoms with Crippen LogP contribution in [0.2, 0.25) is 0 Å². The van der Waals surface area contributed by atoms with Gasteiger partial charge in [0.05, 0.1) is 5.97 Å². The molecule has 0 bridgehead atoms. The second-order valence-electron chi connectivity index (χ2n) is 6.88. The minimum absolute atomic E-state index is 0.343. The molecule has 0 radical (unpaired) electrons. The molecule has 1 amide bonds. The van der Waals surface area contributed by atoms with Gasteiger partial charge in [0, 0.05) is 0 Å². The van der Waals surface area contributed by atoms with Crippen LogP contribution in [0.1, 0.15) is 32.4 Å². The number of amides is 1. The Balaban J connectivity index is 2.14. The van der Waals surface area contributed by atoms with Crippen LogP contribution in [0.3, 0.4) is 0 Å². The standard InChI is InChI=1S/C20H23NO5/c1-20(2,3)26-19(25)21-16(18(23)24)17(22)15-11-9-14(10-12-15)13-7-5-4-6-8-13/h4-12,16-17,22H,1-3H3,(H,21,25)(H,23,24)/p-1/t16-,17-/m0/s1. The zero-order chi connectivity index (χ0) is 19.3. The second-order valence-corrected chi connectivity index (χ2v) is 6.88. The molecule has 2 aromatic rings. The normalized spacial score (nSPS) is 13.5. The van der Waals surface area contributed by atoms with Gasteiger partial charge in [-0.1, -0.05) is 54.6 Å². The maximum absolute atomic E-state index is 11.8. The van der Waals surface area contributed by atoms with E-state index in [0.29, 0.717) is 5.56 Å². The van der Waals surface area contributed by atoms with E-state index >= 15 is 0 Å². The number of hydrogen-bond donors (Lipinski definition) is 2. The molecule has 0 aliphatic heterocycles. The van der Waals surface area contributed by atoms with Gasteiger partial charge in [-0.05, 0) is 37.5 Å². The van der Waals surface area contributed by atoms with Gasteiger partial charge >= 0.3 is 6.09 Å². The van der Waals surface area contributed by atoms with Gasteiger partial charge in [-0.3, -0.25) is 0 Å². The molecule has 0 fully saturated rings. The van der Waals surface area contributed by atoms with Gasteiger partial charge in [-0.25, -0.2) is 4.79 Å². The molecule has 2 N–H and O–H groups in total. The fourth-order valence-electron chi connectivity index (χ4n) is 2.40. The van der Waals surface area contributed by atoms with Gasteiger partial charge in [0.15, 0.2) is 0 Å². The quantitative estimate of drug-likeness (QED) is 0.854. The molecule has 2 aromatic carbocycles. The SMILES string of the molecule is CC(C)(C)OC(=O)N[C@H](C(=O)[O-])[C@@H](O)c1ccc(-c2ccccc2)cc1. The van der Waals surface area contributed by atoms with Crippen LogP contribution in [0.4, 0.5) is 4.79 Å². The molecule has 2 atom stereocenters. The highest BCUT2D eigenvalue weighted by atomic mass is 16.6. The van der Waals surface area contributed by atoms with Crippen molar-refractivity contribution in [2.75, 3.05) is 0 Å². The number of carbonyl (C=O) groups is 2. The van der Waals surface area contributed by atoms with Crippen molar-refractivity contribution in [2.45, 2.75) is 38.5 Å². The second kappa shape index (κ2) is 8.01. The highest BCUT2D eigenvalue weighted by Crippen LogP contribution is 2.23. The molecule has 6 nitrogen and oxygen atoms in total. The minimum atomic E-state index is -1.63. The average Bonchev–Trinajstić information content (AvgIpc) is 2.58. The summed E-state index contributed by atoms with van der Waals surface area (Å²) in [5, 5.41) is 23.9. The highest BCUT2D eigenvalue weighted by molar-refractivity contribution is 5.79. The van der Waals surface area contributed by atoms with Crippen LogP contribution in [-0.4, -0.2) is 28.8 Å². The Morgan fingerprint density at radius 2 is 1.54 bits per heavy atom. The van der Waals surface area contributed by atoms with Gasteiger partial charge in [-0.15, -0.1) is 0 Å². The summed E-state index contributed by atoms with van der Waals surface area (Å²) in [5.74, 6) is -1.60. The predicted octanol–water partition coefficient (Wildman–Crippen LogP) is 2.03. The topological polar surface area (TPSA) is 98.7 Å². The van der Waals surface area contributed by atoms with Crippen molar-refractivity contribution in [1.29, 1.82) is 0 Å². The lowest BCUT2D eigenvalue weighted by atomic mass is 9.98. The number of rotatable bonds is 5. The van der Waals surface area contributed by atoms with Crippen molar-refractivity contribution in [1.82, 2.24) is 5.32 Å². The minimum Gasteiger partial charge on any atom is -0.548 e. The Morgan fingerprint density at radius 1 is 1.00 bits per heavy atom. The molecule has 6 heteroatoms. The van der Waals surface area contributed by atoms with Crippen molar-refractivity contribution in [3.63, 3.8) is 0 Å². The van der Waals surface area contributed by atoms with Crippen LogP contribution in [0.5, 0.6) is 0 Å². The first kappa shape index (κ1) is 19.5. The number of nitrogens with one attached hydrogen (secondary N) is 1. The lowest BCUT2D eigenvalue weighted by Crippen LogP contribution is -2.52. The third-order valence-electron chi connectivity index (χ3n) is 3.60. The Labute approximate surface area is 152 Å². The third kappa shape index (κ3) is 5.32. The summed E-state index contributed by atoms with van der Waals surface area (Å²) in [6.45, 7) is 4.96. The lowest BCUT2D eigenvalue weighted by molar-refractivity contribution is -0.310. The molecule has 0 heterocycles. The van der Waals surface area contributed by atoms with E-state index in [9.17, 15) is 19.8 Å². The number of aliphatic hydroxyl groups is 1. The molecule has 0 aromatic heterocycles. The maximum Gasteiger partial charge on any atom is 0.408 e. The average molecular weight is 356 g/mol. The smallest absolute Gasteiger partial charge is 0.408 e. The Hall–Kier alpha value is -2.86. The van der Waals surface area contributed by atoms with Crippen molar-refractivity contribution in [2.24, 2.45) is 0 Å². The van der Waals surface area contributed by atoms with Gasteiger partial charge in [0.1, 0.15) is 17.7 Å². The van der Waals surface area contributed by atoms with Gasteiger partial charge in [0.2, 0.25) is 0 Å². The van der Waals surface area contributed by atoms with E-state index in [-0.39, 0.29) is 0 Å². The first-order valence-corrected chi connectivity index (χ1v) is 8.21. The first-order chi connectivity index (χ1) is 12.2. The lowest BCUT2D eigenvalue weighted by Gasteiger charge is -2.27. The molecule has 0 saturated heterocycles. The number of ether oxygens (including phenoxy) is 1. The van der Waals surface area contributed by atoms with Crippen LogP contribution in [0.15, 0.2) is 54.6 Å². The summed E-state index contributed by atoms with van der Waals surface area (Å²) in [6.07, 6.45) is -2.41. The predicted molar refractivity (Wildman–Crippen MR) is 95.0 cm³/mol. The number of carboxylic acids is 1. The van der Waals surface area contributed by atoms with E-state index in [4.69, 9.17) is 4.74 Å². The summed E-state index contributed by atoms with van der Waals surface area (Å²) < 4.78 is 5.03. The van der Waals surface area contributed by atoms with E-state index < -0.39 is 29.8 Å².